The molecule has 0 aromatic carbocycles. The SMILES string of the molecule is CC1C(C)C2CC1C1SC(=C3SC4C5CC(C(C)C5C)C4S3)SC21. The number of fused-ring (bicyclic) bond motifs is 10. The van der Waals surface area contributed by atoms with Crippen molar-refractivity contribution < 1.29 is 0 Å². The number of thioether (sulfide) groups is 4. The van der Waals surface area contributed by atoms with Crippen LogP contribution in [0.15, 0.2) is 8.47 Å². The van der Waals surface area contributed by atoms with E-state index in [-0.39, 0.29) is 0 Å². The summed E-state index contributed by atoms with van der Waals surface area (Å²) in [7, 11) is 0. The van der Waals surface area contributed by atoms with Crippen LogP contribution in [0.25, 0.3) is 0 Å². The third-order valence-corrected chi connectivity index (χ3v) is 16.3. The summed E-state index contributed by atoms with van der Waals surface area (Å²) >= 11 is 9.25. The molecule has 2 heterocycles. The van der Waals surface area contributed by atoms with E-state index in [4.69, 9.17) is 0 Å². The van der Waals surface area contributed by atoms with Crippen LogP contribution in [-0.4, -0.2) is 21.0 Å². The summed E-state index contributed by atoms with van der Waals surface area (Å²) in [4.78, 5) is 0. The van der Waals surface area contributed by atoms with Crippen LogP contribution >= 0.6 is 47.0 Å². The Balaban J connectivity index is 1.26. The van der Waals surface area contributed by atoms with Gasteiger partial charge in [-0.2, -0.15) is 0 Å². The normalized spacial score (nSPS) is 63.5. The van der Waals surface area contributed by atoms with Crippen molar-refractivity contribution in [2.45, 2.75) is 61.5 Å². The molecule has 0 nitrogen and oxygen atoms in total. The molecule has 132 valence electrons. The van der Waals surface area contributed by atoms with E-state index < -0.39 is 0 Å². The fourth-order valence-corrected chi connectivity index (χ4v) is 15.6. The van der Waals surface area contributed by atoms with Gasteiger partial charge in [-0.1, -0.05) is 27.7 Å². The van der Waals surface area contributed by atoms with Gasteiger partial charge in [0.25, 0.3) is 0 Å². The Morgan fingerprint density at radius 1 is 0.500 bits per heavy atom. The highest BCUT2D eigenvalue weighted by Crippen LogP contribution is 2.72. The van der Waals surface area contributed by atoms with Crippen LogP contribution in [0.4, 0.5) is 0 Å². The molecule has 6 rings (SSSR count). The summed E-state index contributed by atoms with van der Waals surface area (Å²) in [6, 6.07) is 0. The lowest BCUT2D eigenvalue weighted by Crippen LogP contribution is -2.33. The lowest BCUT2D eigenvalue weighted by Gasteiger charge is -2.32. The van der Waals surface area contributed by atoms with Crippen LogP contribution in [0.3, 0.4) is 0 Å². The Labute approximate surface area is 163 Å². The third-order valence-electron chi connectivity index (χ3n) is 8.92. The largest absolute Gasteiger partial charge is 0.113 e. The number of hydrogen-bond acceptors (Lipinski definition) is 4. The number of rotatable bonds is 0. The van der Waals surface area contributed by atoms with Crippen molar-refractivity contribution in [3.63, 3.8) is 0 Å². The van der Waals surface area contributed by atoms with Crippen molar-refractivity contribution in [2.75, 3.05) is 0 Å². The molecule has 4 heteroatoms. The third kappa shape index (κ3) is 1.91. The highest BCUT2D eigenvalue weighted by atomic mass is 32.2. The highest BCUT2D eigenvalue weighted by Gasteiger charge is 2.61. The lowest BCUT2D eigenvalue weighted by atomic mass is 9.81. The summed E-state index contributed by atoms with van der Waals surface area (Å²) < 4.78 is 3.51. The molecule has 6 fully saturated rings. The Bertz CT molecular complexity index is 515. The van der Waals surface area contributed by atoms with Crippen LogP contribution in [0, 0.1) is 47.3 Å². The first kappa shape index (κ1) is 16.1. The second-order valence-corrected chi connectivity index (χ2v) is 14.7. The lowest BCUT2D eigenvalue weighted by molar-refractivity contribution is 0.274. The van der Waals surface area contributed by atoms with Gasteiger partial charge in [0.05, 0.1) is 8.47 Å². The Hall–Kier alpha value is 1.14. The first-order chi connectivity index (χ1) is 11.5. The molecule has 0 aromatic heterocycles. The van der Waals surface area contributed by atoms with Crippen molar-refractivity contribution in [3.05, 3.63) is 8.47 Å². The molecular formula is C20H28S4. The van der Waals surface area contributed by atoms with Gasteiger partial charge in [0, 0.05) is 21.0 Å². The minimum atomic E-state index is 0.949. The minimum Gasteiger partial charge on any atom is -0.113 e. The zero-order chi connectivity index (χ0) is 16.3. The molecular weight excluding hydrogens is 368 g/mol. The van der Waals surface area contributed by atoms with E-state index >= 15 is 0 Å². The van der Waals surface area contributed by atoms with Crippen LogP contribution in [0.2, 0.25) is 0 Å². The average Bonchev–Trinajstić information content (AvgIpc) is 3.30. The van der Waals surface area contributed by atoms with Crippen LogP contribution in [0.5, 0.6) is 0 Å². The molecule has 2 saturated heterocycles. The molecule has 0 amide bonds. The Kier molecular flexibility index (Phi) is 3.60. The standard InChI is InChI=1S/C20H28S4/c1-7-8(2)12-5-11(7)15-16(12)22-19(21-15)20-23-17-13-6-14(18(17)24-20)10(4)9(13)3/h7-18H,5-6H2,1-4H3. The van der Waals surface area contributed by atoms with Gasteiger partial charge in [-0.15, -0.1) is 47.0 Å². The molecule has 0 N–H and O–H groups in total. The Morgan fingerprint density at radius 3 is 1.00 bits per heavy atom. The topological polar surface area (TPSA) is 0 Å². The van der Waals surface area contributed by atoms with E-state index in [9.17, 15) is 0 Å². The summed E-state index contributed by atoms with van der Waals surface area (Å²) in [6.07, 6.45) is 3.07. The van der Waals surface area contributed by atoms with E-state index in [1.54, 1.807) is 8.47 Å². The van der Waals surface area contributed by atoms with Crippen molar-refractivity contribution >= 4 is 47.0 Å². The fraction of sp³-hybridized carbons (Fsp3) is 0.900. The maximum atomic E-state index is 2.53. The predicted octanol–water partition coefficient (Wildman–Crippen LogP) is 6.39. The van der Waals surface area contributed by atoms with Gasteiger partial charge in [0.2, 0.25) is 0 Å². The predicted molar refractivity (Wildman–Crippen MR) is 112 cm³/mol. The second-order valence-electron chi connectivity index (χ2n) is 9.47. The molecule has 6 aliphatic rings. The summed E-state index contributed by atoms with van der Waals surface area (Å²) in [5.74, 6) is 7.92. The molecule has 2 aliphatic heterocycles. The maximum Gasteiger partial charge on any atom is 0.0609 e. The van der Waals surface area contributed by atoms with Crippen molar-refractivity contribution in [2.24, 2.45) is 47.3 Å². The van der Waals surface area contributed by atoms with E-state index in [0.717, 1.165) is 68.3 Å². The maximum absolute atomic E-state index is 2.53. The average molecular weight is 397 g/mol. The van der Waals surface area contributed by atoms with Crippen molar-refractivity contribution in [3.8, 4) is 0 Å². The smallest absolute Gasteiger partial charge is 0.0609 e. The first-order valence-corrected chi connectivity index (χ1v) is 13.5. The van der Waals surface area contributed by atoms with E-state index in [1.807, 2.05) is 0 Å². The molecule has 4 saturated carbocycles. The molecule has 0 spiro atoms. The molecule has 0 aromatic rings. The summed E-state index contributed by atoms with van der Waals surface area (Å²) in [5.41, 5.74) is 0. The monoisotopic (exact) mass is 396 g/mol. The highest BCUT2D eigenvalue weighted by molar-refractivity contribution is 8.31. The second kappa shape index (κ2) is 5.35. The molecule has 4 aliphatic carbocycles. The zero-order valence-corrected chi connectivity index (χ0v) is 18.2. The minimum absolute atomic E-state index is 0.949. The first-order valence-electron chi connectivity index (χ1n) is 9.95. The number of hydrogen-bond donors (Lipinski definition) is 0. The van der Waals surface area contributed by atoms with Gasteiger partial charge in [-0.25, -0.2) is 0 Å². The van der Waals surface area contributed by atoms with Gasteiger partial charge in [-0.3, -0.25) is 0 Å². The van der Waals surface area contributed by atoms with Gasteiger partial charge < -0.3 is 0 Å². The van der Waals surface area contributed by atoms with Crippen LogP contribution < -0.4 is 0 Å². The summed E-state index contributed by atoms with van der Waals surface area (Å²) in [5, 5.41) is 3.80. The van der Waals surface area contributed by atoms with E-state index in [1.165, 1.54) is 12.8 Å². The van der Waals surface area contributed by atoms with Gasteiger partial charge in [0.1, 0.15) is 0 Å². The molecule has 24 heavy (non-hydrogen) atoms. The fourth-order valence-electron chi connectivity index (χ4n) is 7.11. The van der Waals surface area contributed by atoms with Crippen molar-refractivity contribution in [1.82, 2.24) is 0 Å². The van der Waals surface area contributed by atoms with Gasteiger partial charge in [-0.05, 0) is 60.2 Å². The van der Waals surface area contributed by atoms with E-state index in [2.05, 4.69) is 74.7 Å². The van der Waals surface area contributed by atoms with Gasteiger partial charge in [0.15, 0.2) is 0 Å². The van der Waals surface area contributed by atoms with Crippen LogP contribution in [0.1, 0.15) is 40.5 Å². The van der Waals surface area contributed by atoms with E-state index in [0.29, 0.717) is 0 Å². The van der Waals surface area contributed by atoms with Crippen LogP contribution in [-0.2, 0) is 0 Å². The quantitative estimate of drug-likeness (QED) is 0.465. The Morgan fingerprint density at radius 2 is 0.750 bits per heavy atom. The zero-order valence-electron chi connectivity index (χ0n) is 15.0. The molecule has 12 atom stereocenters. The summed E-state index contributed by atoms with van der Waals surface area (Å²) in [6.45, 7) is 10.1. The molecule has 12 unspecified atom stereocenters. The molecule has 0 radical (unpaired) electrons. The molecule has 4 bridgehead atoms. The van der Waals surface area contributed by atoms with Gasteiger partial charge >= 0.3 is 0 Å². The van der Waals surface area contributed by atoms with Crippen molar-refractivity contribution in [1.29, 1.82) is 0 Å².